The van der Waals surface area contributed by atoms with Crippen molar-refractivity contribution in [2.45, 2.75) is 170 Å². The maximum Gasteiger partial charge on any atom is 0.0210 e. The first-order valence-corrected chi connectivity index (χ1v) is 19.1. The molecule has 0 unspecified atom stereocenters. The van der Waals surface area contributed by atoms with Crippen molar-refractivity contribution in [1.82, 2.24) is 0 Å². The highest BCUT2D eigenvalue weighted by molar-refractivity contribution is 5.80. The van der Waals surface area contributed by atoms with Gasteiger partial charge in [-0.05, 0) is 116 Å². The lowest BCUT2D eigenvalue weighted by atomic mass is 9.56. The standard InChI is InChI=1S/C17H18.C10H16.C10H20.2C3H8/c1-3-17(4-2)15-11-7-5-9-13(15)14-10-6-8-12-16(14)17;1-7-2-9-4-8(1)5-10(3-7)6-9;1-3-10(4-2)8-6-5-7-9-10;2*1-3-2/h5-12H,3-4H2,1-2H3;7-10H,1-6H2;3-9H2,1-2H3;2*3H2,1-2H3. The lowest BCUT2D eigenvalue weighted by molar-refractivity contribution is 0.0198. The number of benzene rings is 2. The molecule has 0 spiro atoms. The van der Waals surface area contributed by atoms with Gasteiger partial charge in [-0.15, -0.1) is 0 Å². The van der Waals surface area contributed by atoms with Gasteiger partial charge in [0.05, 0.1) is 0 Å². The van der Waals surface area contributed by atoms with E-state index in [9.17, 15) is 0 Å². The summed E-state index contributed by atoms with van der Waals surface area (Å²) >= 11 is 0. The van der Waals surface area contributed by atoms with Crippen molar-refractivity contribution in [2.24, 2.45) is 29.1 Å². The Morgan fingerprint density at radius 2 is 0.791 bits per heavy atom. The molecule has 0 amide bonds. The third kappa shape index (κ3) is 8.79. The molecule has 0 heterocycles. The molecule has 2 aromatic carbocycles. The van der Waals surface area contributed by atoms with Crippen molar-refractivity contribution in [2.75, 3.05) is 0 Å². The molecule has 0 saturated heterocycles. The van der Waals surface area contributed by atoms with E-state index in [2.05, 4.69) is 104 Å². The normalized spacial score (nSPS) is 26.0. The predicted molar refractivity (Wildman–Crippen MR) is 193 cm³/mol. The molecule has 242 valence electrons. The maximum atomic E-state index is 2.36. The Kier molecular flexibility index (Phi) is 14.9. The molecular weight excluding hydrogens is 516 g/mol. The molecule has 8 rings (SSSR count). The summed E-state index contributed by atoms with van der Waals surface area (Å²) in [7, 11) is 0. The molecule has 0 aliphatic heterocycles. The van der Waals surface area contributed by atoms with Gasteiger partial charge in [0.2, 0.25) is 0 Å². The number of hydrogen-bond donors (Lipinski definition) is 0. The van der Waals surface area contributed by atoms with Crippen LogP contribution in [0.15, 0.2) is 48.5 Å². The largest absolute Gasteiger partial charge is 0.0656 e. The highest BCUT2D eigenvalue weighted by Crippen LogP contribution is 2.54. The highest BCUT2D eigenvalue weighted by Gasteiger charge is 2.42. The molecule has 5 saturated carbocycles. The zero-order chi connectivity index (χ0) is 31.3. The van der Waals surface area contributed by atoms with Crippen LogP contribution in [0.2, 0.25) is 0 Å². The predicted octanol–water partition coefficient (Wildman–Crippen LogP) is 14.2. The average molecular weight is 587 g/mol. The van der Waals surface area contributed by atoms with Gasteiger partial charge in [-0.3, -0.25) is 0 Å². The molecule has 0 N–H and O–H groups in total. The van der Waals surface area contributed by atoms with E-state index in [4.69, 9.17) is 0 Å². The van der Waals surface area contributed by atoms with E-state index in [1.807, 2.05) is 0 Å². The van der Waals surface area contributed by atoms with Crippen molar-refractivity contribution in [3.8, 4) is 11.1 Å². The Labute approximate surface area is 269 Å². The summed E-state index contributed by atoms with van der Waals surface area (Å²) in [6.45, 7) is 17.8. The topological polar surface area (TPSA) is 0 Å². The van der Waals surface area contributed by atoms with Crippen molar-refractivity contribution in [3.63, 3.8) is 0 Å². The zero-order valence-corrected chi connectivity index (χ0v) is 29.9. The summed E-state index contributed by atoms with van der Waals surface area (Å²) in [6.07, 6.45) is 24.8. The minimum Gasteiger partial charge on any atom is -0.0656 e. The minimum atomic E-state index is 0.243. The number of hydrogen-bond acceptors (Lipinski definition) is 0. The van der Waals surface area contributed by atoms with E-state index in [0.29, 0.717) is 0 Å². The maximum absolute atomic E-state index is 2.36. The first-order chi connectivity index (χ1) is 20.9. The fraction of sp³-hybridized carbons (Fsp3) is 0.721. The first kappa shape index (κ1) is 35.9. The van der Waals surface area contributed by atoms with E-state index in [1.54, 1.807) is 38.5 Å². The van der Waals surface area contributed by atoms with Gasteiger partial charge < -0.3 is 0 Å². The smallest absolute Gasteiger partial charge is 0.0210 e. The van der Waals surface area contributed by atoms with E-state index in [0.717, 1.165) is 5.41 Å². The molecule has 0 atom stereocenters. The summed E-state index contributed by atoms with van der Waals surface area (Å²) in [6, 6.07) is 17.8. The van der Waals surface area contributed by atoms with Crippen LogP contribution in [0.25, 0.3) is 11.1 Å². The quantitative estimate of drug-likeness (QED) is 0.334. The molecule has 4 bridgehead atoms. The Hall–Kier alpha value is -1.56. The van der Waals surface area contributed by atoms with Crippen molar-refractivity contribution in [3.05, 3.63) is 59.7 Å². The molecule has 6 aliphatic rings. The molecule has 5 fully saturated rings. The lowest BCUT2D eigenvalue weighted by Crippen LogP contribution is -2.38. The Balaban J connectivity index is 0.000000168. The van der Waals surface area contributed by atoms with Gasteiger partial charge in [0.15, 0.2) is 0 Å². The third-order valence-corrected chi connectivity index (χ3v) is 11.8. The molecule has 0 heteroatoms. The van der Waals surface area contributed by atoms with Gasteiger partial charge in [0, 0.05) is 5.41 Å². The van der Waals surface area contributed by atoms with Crippen LogP contribution in [-0.4, -0.2) is 0 Å². The molecule has 43 heavy (non-hydrogen) atoms. The molecule has 6 aliphatic carbocycles. The van der Waals surface area contributed by atoms with Crippen LogP contribution in [0.1, 0.15) is 176 Å². The Bertz CT molecular complexity index is 921. The van der Waals surface area contributed by atoms with Gasteiger partial charge >= 0.3 is 0 Å². The lowest BCUT2D eigenvalue weighted by Gasteiger charge is -2.49. The van der Waals surface area contributed by atoms with Gasteiger partial charge in [0.1, 0.15) is 0 Å². The Morgan fingerprint density at radius 1 is 0.465 bits per heavy atom. The van der Waals surface area contributed by atoms with Crippen LogP contribution in [0.4, 0.5) is 0 Å². The minimum absolute atomic E-state index is 0.243. The van der Waals surface area contributed by atoms with Crippen molar-refractivity contribution >= 4 is 0 Å². The fourth-order valence-electron chi connectivity index (χ4n) is 9.67. The van der Waals surface area contributed by atoms with Crippen molar-refractivity contribution in [1.29, 1.82) is 0 Å². The summed E-state index contributed by atoms with van der Waals surface area (Å²) < 4.78 is 0. The first-order valence-electron chi connectivity index (χ1n) is 19.1. The van der Waals surface area contributed by atoms with Gasteiger partial charge in [0.25, 0.3) is 0 Å². The van der Waals surface area contributed by atoms with Gasteiger partial charge in [-0.2, -0.15) is 0 Å². The molecule has 0 aromatic heterocycles. The molecule has 2 aromatic rings. The summed E-state index contributed by atoms with van der Waals surface area (Å²) in [5, 5.41) is 0. The summed E-state index contributed by atoms with van der Waals surface area (Å²) in [5.41, 5.74) is 6.92. The summed E-state index contributed by atoms with van der Waals surface area (Å²) in [5.74, 6) is 4.71. The molecule has 0 nitrogen and oxygen atoms in total. The fourth-order valence-corrected chi connectivity index (χ4v) is 9.67. The summed E-state index contributed by atoms with van der Waals surface area (Å²) in [4.78, 5) is 0. The highest BCUT2D eigenvalue weighted by atomic mass is 14.5. The number of rotatable bonds is 4. The second kappa shape index (κ2) is 17.8. The van der Waals surface area contributed by atoms with Crippen LogP contribution in [0, 0.1) is 29.1 Å². The van der Waals surface area contributed by atoms with Crippen LogP contribution >= 0.6 is 0 Å². The van der Waals surface area contributed by atoms with Gasteiger partial charge in [-0.1, -0.05) is 149 Å². The van der Waals surface area contributed by atoms with Crippen LogP contribution in [0.5, 0.6) is 0 Å². The van der Waals surface area contributed by atoms with E-state index in [1.165, 1.54) is 117 Å². The average Bonchev–Trinajstić information content (AvgIpc) is 3.32. The van der Waals surface area contributed by atoms with Crippen LogP contribution in [-0.2, 0) is 5.41 Å². The number of fused-ring (bicyclic) bond motifs is 3. The van der Waals surface area contributed by atoms with Gasteiger partial charge in [-0.25, -0.2) is 0 Å². The van der Waals surface area contributed by atoms with E-state index in [-0.39, 0.29) is 5.41 Å². The van der Waals surface area contributed by atoms with Crippen LogP contribution < -0.4 is 0 Å². The van der Waals surface area contributed by atoms with Crippen molar-refractivity contribution < 1.29 is 0 Å². The SMILES string of the molecule is C1C2CC3CC1CC(C2)C3.CCC.CCC.CCC1(CC)CCCCC1.CCC1(CC)c2ccccc2-c2ccccc21. The molecule has 0 radical (unpaired) electrons. The second-order valence-electron chi connectivity index (χ2n) is 14.9. The van der Waals surface area contributed by atoms with Crippen LogP contribution in [0.3, 0.4) is 0 Å². The molecular formula is C43H70. The monoisotopic (exact) mass is 587 g/mol. The van der Waals surface area contributed by atoms with E-state index >= 15 is 0 Å². The third-order valence-electron chi connectivity index (χ3n) is 11.8. The zero-order valence-electron chi connectivity index (χ0n) is 29.9. The Morgan fingerprint density at radius 3 is 1.07 bits per heavy atom. The second-order valence-corrected chi connectivity index (χ2v) is 14.9. The van der Waals surface area contributed by atoms with E-state index < -0.39 is 0 Å².